The van der Waals surface area contributed by atoms with E-state index in [1.165, 1.54) is 23.6 Å². The highest BCUT2D eigenvalue weighted by Gasteiger charge is 1.99. The largest absolute Gasteiger partial charge is 0.493 e. The van der Waals surface area contributed by atoms with E-state index in [0.717, 1.165) is 0 Å². The van der Waals surface area contributed by atoms with Crippen molar-refractivity contribution in [3.8, 4) is 5.88 Å². The zero-order valence-electron chi connectivity index (χ0n) is 5.29. The van der Waals surface area contributed by atoms with E-state index < -0.39 is 0 Å². The number of nitrogens with one attached hydrogen (secondary N) is 1. The molecular weight excluding hydrogens is 152 g/mol. The average molecular weight is 158 g/mol. The van der Waals surface area contributed by atoms with E-state index in [-0.39, 0.29) is 11.8 Å². The number of aromatic hydroxyl groups is 1. The summed E-state index contributed by atoms with van der Waals surface area (Å²) in [5.74, 6) is -0.247. The second kappa shape index (κ2) is 2.66. The van der Waals surface area contributed by atoms with Crippen LogP contribution in [0.25, 0.3) is 0 Å². The molecule has 0 radical (unpaired) electrons. The molecule has 5 heteroatoms. The first-order valence-corrected chi connectivity index (χ1v) is 3.48. The maximum Gasteiger partial charge on any atom is 0.223 e. The van der Waals surface area contributed by atoms with Gasteiger partial charge >= 0.3 is 0 Å². The molecule has 0 fully saturated rings. The van der Waals surface area contributed by atoms with Crippen LogP contribution in [-0.4, -0.2) is 16.0 Å². The first-order chi connectivity index (χ1) is 4.68. The van der Waals surface area contributed by atoms with Gasteiger partial charge in [0.25, 0.3) is 0 Å². The summed E-state index contributed by atoms with van der Waals surface area (Å²) in [5, 5.41) is 13.0. The van der Waals surface area contributed by atoms with Gasteiger partial charge in [-0.2, -0.15) is 4.98 Å². The number of hydrogen-bond donors (Lipinski definition) is 2. The third kappa shape index (κ3) is 1.70. The van der Waals surface area contributed by atoms with Crippen molar-refractivity contribution in [3.63, 3.8) is 0 Å². The minimum Gasteiger partial charge on any atom is -0.493 e. The van der Waals surface area contributed by atoms with E-state index in [2.05, 4.69) is 10.3 Å². The van der Waals surface area contributed by atoms with E-state index in [1.807, 2.05) is 0 Å². The quantitative estimate of drug-likeness (QED) is 0.635. The minimum absolute atomic E-state index is 0.0613. The predicted octanol–water partition coefficient (Wildman–Crippen LogP) is 0.807. The molecule has 0 saturated heterocycles. The smallest absolute Gasteiger partial charge is 0.223 e. The van der Waals surface area contributed by atoms with E-state index in [0.29, 0.717) is 5.13 Å². The highest BCUT2D eigenvalue weighted by molar-refractivity contribution is 7.14. The van der Waals surface area contributed by atoms with E-state index in [1.54, 1.807) is 0 Å². The second-order valence-corrected chi connectivity index (χ2v) is 2.55. The zero-order chi connectivity index (χ0) is 7.56. The lowest BCUT2D eigenvalue weighted by Gasteiger charge is -1.91. The van der Waals surface area contributed by atoms with Gasteiger partial charge in [0.2, 0.25) is 11.8 Å². The number of rotatable bonds is 1. The molecule has 1 amide bonds. The van der Waals surface area contributed by atoms with Crippen LogP contribution in [0.15, 0.2) is 5.38 Å². The van der Waals surface area contributed by atoms with Gasteiger partial charge in [0, 0.05) is 6.92 Å². The fourth-order valence-corrected chi connectivity index (χ4v) is 1.09. The number of nitrogens with zero attached hydrogens (tertiary/aromatic N) is 1. The van der Waals surface area contributed by atoms with Crippen molar-refractivity contribution in [2.45, 2.75) is 6.92 Å². The summed E-state index contributed by atoms with van der Waals surface area (Å²) < 4.78 is 0. The number of anilines is 1. The molecule has 0 aliphatic carbocycles. The van der Waals surface area contributed by atoms with E-state index >= 15 is 0 Å². The minimum atomic E-state index is -0.186. The summed E-state index contributed by atoms with van der Waals surface area (Å²) in [5.41, 5.74) is 0. The van der Waals surface area contributed by atoms with Gasteiger partial charge in [0.1, 0.15) is 0 Å². The van der Waals surface area contributed by atoms with E-state index in [9.17, 15) is 4.79 Å². The van der Waals surface area contributed by atoms with Crippen molar-refractivity contribution in [2.75, 3.05) is 5.32 Å². The fraction of sp³-hybridized carbons (Fsp3) is 0.200. The fourth-order valence-electron chi connectivity index (χ4n) is 0.473. The van der Waals surface area contributed by atoms with Crippen molar-refractivity contribution in [1.29, 1.82) is 0 Å². The van der Waals surface area contributed by atoms with Gasteiger partial charge in [-0.25, -0.2) is 0 Å². The Labute approximate surface area is 61.5 Å². The van der Waals surface area contributed by atoms with Crippen LogP contribution in [0.1, 0.15) is 6.92 Å². The lowest BCUT2D eigenvalue weighted by Crippen LogP contribution is -2.04. The second-order valence-electron chi connectivity index (χ2n) is 1.69. The number of hydrogen-bond acceptors (Lipinski definition) is 4. The van der Waals surface area contributed by atoms with Gasteiger partial charge in [-0.1, -0.05) is 0 Å². The van der Waals surface area contributed by atoms with Crippen LogP contribution in [0.5, 0.6) is 5.88 Å². The maximum absolute atomic E-state index is 10.4. The molecule has 54 valence electrons. The molecule has 0 aliphatic heterocycles. The van der Waals surface area contributed by atoms with Crippen molar-refractivity contribution >= 4 is 22.4 Å². The molecule has 0 saturated carbocycles. The normalized spacial score (nSPS) is 9.30. The Morgan fingerprint density at radius 3 is 3.00 bits per heavy atom. The first-order valence-electron chi connectivity index (χ1n) is 2.60. The van der Waals surface area contributed by atoms with Crippen LogP contribution < -0.4 is 5.32 Å². The van der Waals surface area contributed by atoms with Crippen LogP contribution in [0.2, 0.25) is 0 Å². The Kier molecular flexibility index (Phi) is 1.86. The summed E-state index contributed by atoms with van der Waals surface area (Å²) in [4.78, 5) is 14.0. The van der Waals surface area contributed by atoms with Gasteiger partial charge in [-0.05, 0) is 0 Å². The summed E-state index contributed by atoms with van der Waals surface area (Å²) in [7, 11) is 0. The van der Waals surface area contributed by atoms with Gasteiger partial charge in [0.15, 0.2) is 5.13 Å². The van der Waals surface area contributed by atoms with Crippen LogP contribution in [0, 0.1) is 0 Å². The summed E-state index contributed by atoms with van der Waals surface area (Å²) >= 11 is 1.18. The average Bonchev–Trinajstić information content (AvgIpc) is 2.13. The predicted molar refractivity (Wildman–Crippen MR) is 38.1 cm³/mol. The SMILES string of the molecule is CC(=O)Nc1nc(O)cs1. The summed E-state index contributed by atoms with van der Waals surface area (Å²) in [6, 6.07) is 0. The van der Waals surface area contributed by atoms with Crippen molar-refractivity contribution in [2.24, 2.45) is 0 Å². The van der Waals surface area contributed by atoms with Gasteiger partial charge in [-0.3, -0.25) is 4.79 Å². The van der Waals surface area contributed by atoms with Gasteiger partial charge < -0.3 is 10.4 Å². The highest BCUT2D eigenvalue weighted by Crippen LogP contribution is 2.18. The topological polar surface area (TPSA) is 62.2 Å². The van der Waals surface area contributed by atoms with Crippen molar-refractivity contribution in [3.05, 3.63) is 5.38 Å². The summed E-state index contributed by atoms with van der Waals surface area (Å²) in [6.07, 6.45) is 0. The molecular formula is C5H6N2O2S. The highest BCUT2D eigenvalue weighted by atomic mass is 32.1. The van der Waals surface area contributed by atoms with Crippen LogP contribution in [-0.2, 0) is 4.79 Å². The van der Waals surface area contributed by atoms with Gasteiger partial charge in [0.05, 0.1) is 5.38 Å². The number of carbonyl (C=O) groups excluding carboxylic acids is 1. The zero-order valence-corrected chi connectivity index (χ0v) is 6.10. The Morgan fingerprint density at radius 1 is 1.90 bits per heavy atom. The first kappa shape index (κ1) is 7.01. The molecule has 0 bridgehead atoms. The molecule has 0 aromatic carbocycles. The summed E-state index contributed by atoms with van der Waals surface area (Å²) in [6.45, 7) is 1.39. The molecule has 0 aliphatic rings. The number of amides is 1. The molecule has 4 nitrogen and oxygen atoms in total. The lowest BCUT2D eigenvalue weighted by molar-refractivity contribution is -0.114. The van der Waals surface area contributed by atoms with Crippen molar-refractivity contribution < 1.29 is 9.90 Å². The Bertz CT molecular complexity index is 246. The maximum atomic E-state index is 10.4. The number of aromatic nitrogens is 1. The molecule has 1 heterocycles. The van der Waals surface area contributed by atoms with E-state index in [4.69, 9.17) is 5.11 Å². The monoisotopic (exact) mass is 158 g/mol. The number of thiazole rings is 1. The molecule has 0 unspecified atom stereocenters. The Morgan fingerprint density at radius 2 is 2.60 bits per heavy atom. The molecule has 0 spiro atoms. The molecule has 1 aromatic rings. The lowest BCUT2D eigenvalue weighted by atomic mass is 10.7. The van der Waals surface area contributed by atoms with Gasteiger partial charge in [-0.15, -0.1) is 11.3 Å². The molecule has 1 rings (SSSR count). The molecule has 1 aromatic heterocycles. The Hall–Kier alpha value is -1.10. The standard InChI is InChI=1S/C5H6N2O2S/c1-3(8)6-5-7-4(9)2-10-5/h2,9H,1H3,(H,6,7,8). The third-order valence-electron chi connectivity index (χ3n) is 0.775. The molecule has 2 N–H and O–H groups in total. The van der Waals surface area contributed by atoms with Crippen LogP contribution in [0.4, 0.5) is 5.13 Å². The van der Waals surface area contributed by atoms with Crippen molar-refractivity contribution in [1.82, 2.24) is 4.98 Å². The Balaban J connectivity index is 2.67. The third-order valence-corrected chi connectivity index (χ3v) is 1.52. The molecule has 10 heavy (non-hydrogen) atoms. The van der Waals surface area contributed by atoms with Crippen LogP contribution in [0.3, 0.4) is 0 Å². The number of carbonyl (C=O) groups is 1. The molecule has 0 atom stereocenters. The van der Waals surface area contributed by atoms with Crippen LogP contribution >= 0.6 is 11.3 Å².